The smallest absolute Gasteiger partial charge is 0.125 e. The lowest BCUT2D eigenvalue weighted by molar-refractivity contribution is 0.625. The van der Waals surface area contributed by atoms with E-state index in [1.165, 1.54) is 12.1 Å². The van der Waals surface area contributed by atoms with Gasteiger partial charge in [-0.1, -0.05) is 0 Å². The van der Waals surface area contributed by atoms with Crippen molar-refractivity contribution >= 4 is 33.4 Å². The Kier molecular flexibility index (Phi) is 4.35. The Hall–Kier alpha value is -0.940. The average Bonchev–Trinajstić information content (AvgIpc) is 2.66. The number of hydrogen-bond donors (Lipinski definition) is 0. The molecule has 2 rings (SSSR count). The molecule has 1 atom stereocenters. The number of rotatable bonds is 5. The minimum absolute atomic E-state index is 0.283. The van der Waals surface area contributed by atoms with Gasteiger partial charge < -0.3 is 4.57 Å². The van der Waals surface area contributed by atoms with E-state index in [1.54, 1.807) is 12.3 Å². The third-order valence-corrected chi connectivity index (χ3v) is 3.83. The summed E-state index contributed by atoms with van der Waals surface area (Å²) in [6.45, 7) is 0.654. The van der Waals surface area contributed by atoms with Crippen molar-refractivity contribution in [1.29, 1.82) is 0 Å². The fourth-order valence-corrected chi connectivity index (χ4v) is 2.66. The van der Waals surface area contributed by atoms with E-state index in [9.17, 15) is 8.60 Å². The third-order valence-electron chi connectivity index (χ3n) is 2.72. The predicted octanol–water partition coefficient (Wildman–Crippen LogP) is 2.68. The van der Waals surface area contributed by atoms with Crippen LogP contribution in [0, 0.1) is 5.82 Å². The number of hydrogen-bond acceptors (Lipinski definition) is 2. The molecule has 1 aromatic heterocycles. The molecule has 0 aliphatic carbocycles. The largest absolute Gasteiger partial charge is 0.327 e. The molecule has 2 aromatic rings. The van der Waals surface area contributed by atoms with Gasteiger partial charge in [0.25, 0.3) is 0 Å². The minimum atomic E-state index is -0.815. The van der Waals surface area contributed by atoms with Crippen molar-refractivity contribution in [3.05, 3.63) is 29.8 Å². The maximum Gasteiger partial charge on any atom is 0.125 e. The Labute approximate surface area is 112 Å². The minimum Gasteiger partial charge on any atom is -0.327 e. The molecule has 1 heterocycles. The van der Waals surface area contributed by atoms with Gasteiger partial charge in [0, 0.05) is 29.4 Å². The van der Waals surface area contributed by atoms with E-state index in [4.69, 9.17) is 11.6 Å². The molecular formula is C12H14ClFN2OS. The molecule has 0 radical (unpaired) electrons. The standard InChI is InChI=1S/C12H14ClFN2OS/c1-18(17)6-2-5-16-11-7-9(14)3-4-10(11)15-12(16)8-13/h3-4,7H,2,5-6,8H2,1H3. The van der Waals surface area contributed by atoms with Gasteiger partial charge in [0.05, 0.1) is 16.9 Å². The molecule has 0 saturated heterocycles. The second kappa shape index (κ2) is 5.80. The third kappa shape index (κ3) is 2.90. The van der Waals surface area contributed by atoms with E-state index >= 15 is 0 Å². The van der Waals surface area contributed by atoms with Gasteiger partial charge in [-0.2, -0.15) is 0 Å². The molecule has 1 unspecified atom stereocenters. The molecule has 0 fully saturated rings. The molecule has 98 valence electrons. The lowest BCUT2D eigenvalue weighted by Gasteiger charge is -2.06. The molecule has 0 spiro atoms. The summed E-state index contributed by atoms with van der Waals surface area (Å²) in [4.78, 5) is 4.36. The molecular weight excluding hydrogens is 275 g/mol. The summed E-state index contributed by atoms with van der Waals surface area (Å²) in [5, 5.41) is 0. The summed E-state index contributed by atoms with van der Waals surface area (Å²) in [5.74, 6) is 1.34. The van der Waals surface area contributed by atoms with Crippen LogP contribution >= 0.6 is 11.6 Å². The van der Waals surface area contributed by atoms with E-state index in [0.717, 1.165) is 23.3 Å². The van der Waals surface area contributed by atoms with Gasteiger partial charge >= 0.3 is 0 Å². The van der Waals surface area contributed by atoms with Crippen molar-refractivity contribution in [3.63, 3.8) is 0 Å². The predicted molar refractivity (Wildman–Crippen MR) is 72.8 cm³/mol. The van der Waals surface area contributed by atoms with Crippen molar-refractivity contribution in [2.75, 3.05) is 12.0 Å². The van der Waals surface area contributed by atoms with E-state index in [1.807, 2.05) is 4.57 Å². The normalized spacial score (nSPS) is 13.1. The molecule has 0 amide bonds. The number of benzene rings is 1. The second-order valence-electron chi connectivity index (χ2n) is 4.08. The van der Waals surface area contributed by atoms with Crippen molar-refractivity contribution in [1.82, 2.24) is 9.55 Å². The van der Waals surface area contributed by atoms with E-state index in [0.29, 0.717) is 12.3 Å². The molecule has 0 N–H and O–H groups in total. The Morgan fingerprint density at radius 1 is 1.50 bits per heavy atom. The highest BCUT2D eigenvalue weighted by molar-refractivity contribution is 7.84. The zero-order valence-electron chi connectivity index (χ0n) is 10.0. The number of halogens is 2. The van der Waals surface area contributed by atoms with Crippen molar-refractivity contribution in [2.24, 2.45) is 0 Å². The first-order valence-corrected chi connectivity index (χ1v) is 7.88. The quantitative estimate of drug-likeness (QED) is 0.793. The van der Waals surface area contributed by atoms with Gasteiger partial charge in [-0.3, -0.25) is 4.21 Å². The summed E-state index contributed by atoms with van der Waals surface area (Å²) in [6.07, 6.45) is 2.43. The maximum absolute atomic E-state index is 13.3. The number of nitrogens with zero attached hydrogens (tertiary/aromatic N) is 2. The van der Waals surface area contributed by atoms with Gasteiger partial charge in [0.2, 0.25) is 0 Å². The van der Waals surface area contributed by atoms with E-state index < -0.39 is 10.8 Å². The highest BCUT2D eigenvalue weighted by Gasteiger charge is 2.10. The fraction of sp³-hybridized carbons (Fsp3) is 0.417. The summed E-state index contributed by atoms with van der Waals surface area (Å²) in [6, 6.07) is 4.50. The van der Waals surface area contributed by atoms with Crippen LogP contribution < -0.4 is 0 Å². The van der Waals surface area contributed by atoms with Crippen LogP contribution in [-0.2, 0) is 23.2 Å². The summed E-state index contributed by atoms with van der Waals surface area (Å²) in [5.41, 5.74) is 1.48. The Morgan fingerprint density at radius 3 is 2.94 bits per heavy atom. The fourth-order valence-electron chi connectivity index (χ4n) is 1.92. The van der Waals surface area contributed by atoms with Crippen LogP contribution in [0.4, 0.5) is 4.39 Å². The van der Waals surface area contributed by atoms with Gasteiger partial charge in [0.1, 0.15) is 11.6 Å². The number of aromatic nitrogens is 2. The zero-order valence-corrected chi connectivity index (χ0v) is 11.6. The number of alkyl halides is 1. The van der Waals surface area contributed by atoms with E-state index in [2.05, 4.69) is 4.98 Å². The first kappa shape index (κ1) is 13.5. The van der Waals surface area contributed by atoms with Gasteiger partial charge in [-0.25, -0.2) is 9.37 Å². The molecule has 0 bridgehead atoms. The van der Waals surface area contributed by atoms with Gasteiger partial charge in [-0.05, 0) is 24.6 Å². The van der Waals surface area contributed by atoms with Crippen molar-refractivity contribution in [3.8, 4) is 0 Å². The molecule has 1 aromatic carbocycles. The summed E-state index contributed by atoms with van der Waals surface area (Å²) in [7, 11) is -0.815. The van der Waals surface area contributed by atoms with Crippen molar-refractivity contribution in [2.45, 2.75) is 18.8 Å². The molecule has 6 heteroatoms. The molecule has 0 saturated carbocycles. The van der Waals surface area contributed by atoms with Crippen LogP contribution in [0.3, 0.4) is 0 Å². The van der Waals surface area contributed by atoms with Gasteiger partial charge in [-0.15, -0.1) is 11.6 Å². The SMILES string of the molecule is CS(=O)CCCn1c(CCl)nc2ccc(F)cc21. The van der Waals surface area contributed by atoms with Crippen LogP contribution in [0.25, 0.3) is 11.0 Å². The van der Waals surface area contributed by atoms with Crippen molar-refractivity contribution < 1.29 is 8.60 Å². The molecule has 3 nitrogen and oxygen atoms in total. The molecule has 18 heavy (non-hydrogen) atoms. The van der Waals surface area contributed by atoms with Gasteiger partial charge in [0.15, 0.2) is 0 Å². The van der Waals surface area contributed by atoms with Crippen LogP contribution in [0.1, 0.15) is 12.2 Å². The molecule has 0 aliphatic rings. The summed E-state index contributed by atoms with van der Waals surface area (Å²) >= 11 is 5.85. The lowest BCUT2D eigenvalue weighted by atomic mass is 10.3. The Morgan fingerprint density at radius 2 is 2.28 bits per heavy atom. The second-order valence-corrected chi connectivity index (χ2v) is 5.90. The first-order valence-electron chi connectivity index (χ1n) is 5.62. The van der Waals surface area contributed by atoms with E-state index in [-0.39, 0.29) is 11.7 Å². The first-order chi connectivity index (χ1) is 8.61. The van der Waals surface area contributed by atoms with Crippen LogP contribution in [0.5, 0.6) is 0 Å². The molecule has 0 aliphatic heterocycles. The monoisotopic (exact) mass is 288 g/mol. The number of aryl methyl sites for hydroxylation is 1. The highest BCUT2D eigenvalue weighted by Crippen LogP contribution is 2.19. The maximum atomic E-state index is 13.3. The number of fused-ring (bicyclic) bond motifs is 1. The van der Waals surface area contributed by atoms with Crippen LogP contribution in [0.2, 0.25) is 0 Å². The van der Waals surface area contributed by atoms with Crippen LogP contribution in [0.15, 0.2) is 18.2 Å². The summed E-state index contributed by atoms with van der Waals surface area (Å²) < 4.78 is 26.2. The Bertz CT molecular complexity index is 585. The topological polar surface area (TPSA) is 34.9 Å². The van der Waals surface area contributed by atoms with Crippen LogP contribution in [-0.4, -0.2) is 25.8 Å². The Balaban J connectivity index is 2.33. The average molecular weight is 289 g/mol. The number of imidazole rings is 1. The lowest BCUT2D eigenvalue weighted by Crippen LogP contribution is -2.06. The highest BCUT2D eigenvalue weighted by atomic mass is 35.5. The zero-order chi connectivity index (χ0) is 13.1.